The predicted molar refractivity (Wildman–Crippen MR) is 107 cm³/mol. The van der Waals surface area contributed by atoms with Crippen molar-refractivity contribution in [1.29, 1.82) is 0 Å². The molecule has 1 atom stereocenters. The maximum Gasteiger partial charge on any atom is 0.234 e. The summed E-state index contributed by atoms with van der Waals surface area (Å²) < 4.78 is 5.41. The van der Waals surface area contributed by atoms with E-state index in [0.717, 1.165) is 28.0 Å². The molecule has 0 saturated carbocycles. The predicted octanol–water partition coefficient (Wildman–Crippen LogP) is 4.27. The van der Waals surface area contributed by atoms with Crippen molar-refractivity contribution < 1.29 is 9.53 Å². The van der Waals surface area contributed by atoms with Crippen LogP contribution in [-0.4, -0.2) is 31.5 Å². The number of ether oxygens (including phenoxy) is 1. The van der Waals surface area contributed by atoms with Gasteiger partial charge in [-0.3, -0.25) is 9.69 Å². The van der Waals surface area contributed by atoms with Gasteiger partial charge in [0.25, 0.3) is 0 Å². The summed E-state index contributed by atoms with van der Waals surface area (Å²) in [7, 11) is 3.63. The van der Waals surface area contributed by atoms with E-state index in [1.165, 1.54) is 0 Å². The zero-order valence-corrected chi connectivity index (χ0v) is 16.9. The number of rotatable bonds is 7. The topological polar surface area (TPSA) is 41.6 Å². The highest BCUT2D eigenvalue weighted by Crippen LogP contribution is 2.25. The fourth-order valence-corrected chi connectivity index (χ4v) is 3.56. The molecule has 4 nitrogen and oxygen atoms in total. The van der Waals surface area contributed by atoms with E-state index in [2.05, 4.69) is 17.4 Å². The molecule has 0 aliphatic carbocycles. The number of benzene rings is 2. The molecule has 26 heavy (non-hydrogen) atoms. The van der Waals surface area contributed by atoms with E-state index in [1.54, 1.807) is 7.11 Å². The second-order valence-corrected chi connectivity index (χ2v) is 7.15. The highest BCUT2D eigenvalue weighted by Gasteiger charge is 2.14. The summed E-state index contributed by atoms with van der Waals surface area (Å²) in [5, 5.41) is 3.67. The molecule has 1 N–H and O–H groups in total. The number of carbonyl (C=O) groups excluding carboxylic acids is 1. The molecule has 5 heteroatoms. The van der Waals surface area contributed by atoms with Crippen molar-refractivity contribution in [2.24, 2.45) is 0 Å². The van der Waals surface area contributed by atoms with E-state index >= 15 is 0 Å². The van der Waals surface area contributed by atoms with Crippen LogP contribution in [0.4, 0.5) is 0 Å². The molecule has 1 amide bonds. The van der Waals surface area contributed by atoms with E-state index in [1.807, 2.05) is 57.0 Å². The number of nitrogens with zero attached hydrogens (tertiary/aromatic N) is 1. The summed E-state index contributed by atoms with van der Waals surface area (Å²) in [4.78, 5) is 14.4. The Balaban J connectivity index is 1.94. The molecule has 0 aromatic heterocycles. The summed E-state index contributed by atoms with van der Waals surface area (Å²) >= 11 is 6.20. The highest BCUT2D eigenvalue weighted by molar-refractivity contribution is 6.31. The Kier molecular flexibility index (Phi) is 7.06. The van der Waals surface area contributed by atoms with Crippen molar-refractivity contribution in [2.75, 3.05) is 20.7 Å². The maximum absolute atomic E-state index is 12.4. The van der Waals surface area contributed by atoms with Gasteiger partial charge < -0.3 is 10.1 Å². The molecule has 140 valence electrons. The van der Waals surface area contributed by atoms with Gasteiger partial charge in [0.1, 0.15) is 5.75 Å². The van der Waals surface area contributed by atoms with Crippen LogP contribution >= 0.6 is 11.6 Å². The molecule has 0 aliphatic heterocycles. The fraction of sp³-hybridized carbons (Fsp3) is 0.381. The second kappa shape index (κ2) is 9.06. The standard InChI is InChI=1S/C21H27ClN2O2/c1-14-10-17(11-15(2)21(14)26-5)12-24(4)13-20(25)23-16(3)18-8-6-7-9-19(18)22/h6-11,16H,12-13H2,1-5H3,(H,23,25). The van der Waals surface area contributed by atoms with Crippen molar-refractivity contribution >= 4 is 17.5 Å². The third-order valence-electron chi connectivity index (χ3n) is 4.34. The average Bonchev–Trinajstić information content (AvgIpc) is 2.54. The van der Waals surface area contributed by atoms with Crippen LogP contribution in [0, 0.1) is 13.8 Å². The van der Waals surface area contributed by atoms with Crippen molar-refractivity contribution in [3.63, 3.8) is 0 Å². The smallest absolute Gasteiger partial charge is 0.234 e. The number of likely N-dealkylation sites (N-methyl/N-ethyl adjacent to an activating group) is 1. The van der Waals surface area contributed by atoms with Crippen LogP contribution in [0.1, 0.15) is 35.2 Å². The van der Waals surface area contributed by atoms with Crippen LogP contribution in [0.15, 0.2) is 36.4 Å². The van der Waals surface area contributed by atoms with Crippen LogP contribution < -0.4 is 10.1 Å². The third-order valence-corrected chi connectivity index (χ3v) is 4.68. The lowest BCUT2D eigenvalue weighted by Crippen LogP contribution is -2.36. The molecule has 0 bridgehead atoms. The van der Waals surface area contributed by atoms with E-state index in [-0.39, 0.29) is 11.9 Å². The Morgan fingerprint density at radius 1 is 1.23 bits per heavy atom. The Bertz CT molecular complexity index is 753. The minimum Gasteiger partial charge on any atom is -0.496 e. The third kappa shape index (κ3) is 5.23. The van der Waals surface area contributed by atoms with E-state index in [4.69, 9.17) is 16.3 Å². The number of methoxy groups -OCH3 is 1. The molecule has 2 aromatic carbocycles. The minimum absolute atomic E-state index is 0.0260. The van der Waals surface area contributed by atoms with Gasteiger partial charge in [-0.25, -0.2) is 0 Å². The lowest BCUT2D eigenvalue weighted by molar-refractivity contribution is -0.122. The molecule has 0 spiro atoms. The normalized spacial score (nSPS) is 12.1. The van der Waals surface area contributed by atoms with E-state index in [9.17, 15) is 4.79 Å². The lowest BCUT2D eigenvalue weighted by Gasteiger charge is -2.20. The van der Waals surface area contributed by atoms with Gasteiger partial charge in [0, 0.05) is 11.6 Å². The van der Waals surface area contributed by atoms with Crippen molar-refractivity contribution in [3.05, 3.63) is 63.7 Å². The first-order valence-electron chi connectivity index (χ1n) is 8.68. The largest absolute Gasteiger partial charge is 0.496 e. The number of nitrogens with one attached hydrogen (secondary N) is 1. The van der Waals surface area contributed by atoms with Crippen LogP contribution in [0.5, 0.6) is 5.75 Å². The molecule has 2 rings (SSSR count). The van der Waals surface area contributed by atoms with Gasteiger partial charge in [-0.1, -0.05) is 41.9 Å². The molecule has 0 aliphatic rings. The van der Waals surface area contributed by atoms with Gasteiger partial charge in [0.05, 0.1) is 19.7 Å². The highest BCUT2D eigenvalue weighted by atomic mass is 35.5. The van der Waals surface area contributed by atoms with Gasteiger partial charge in [0.15, 0.2) is 0 Å². The summed E-state index contributed by atoms with van der Waals surface area (Å²) in [5.74, 6) is 0.893. The summed E-state index contributed by atoms with van der Waals surface area (Å²) in [6.45, 7) is 7.02. The number of hydrogen-bond acceptors (Lipinski definition) is 3. The number of amides is 1. The zero-order chi connectivity index (χ0) is 19.3. The maximum atomic E-state index is 12.4. The number of carbonyl (C=O) groups is 1. The zero-order valence-electron chi connectivity index (χ0n) is 16.1. The van der Waals surface area contributed by atoms with Crippen molar-refractivity contribution in [2.45, 2.75) is 33.4 Å². The molecule has 0 heterocycles. The summed E-state index contributed by atoms with van der Waals surface area (Å²) in [6.07, 6.45) is 0. The Morgan fingerprint density at radius 3 is 2.42 bits per heavy atom. The summed E-state index contributed by atoms with van der Waals surface area (Å²) in [6, 6.07) is 11.6. The molecule has 0 fully saturated rings. The molecular weight excluding hydrogens is 348 g/mol. The number of halogens is 1. The molecule has 1 unspecified atom stereocenters. The Hall–Kier alpha value is -2.04. The molecule has 2 aromatic rings. The second-order valence-electron chi connectivity index (χ2n) is 6.75. The molecular formula is C21H27ClN2O2. The SMILES string of the molecule is COc1c(C)cc(CN(C)CC(=O)NC(C)c2ccccc2Cl)cc1C. The van der Waals surface area contributed by atoms with Gasteiger partial charge in [0.2, 0.25) is 5.91 Å². The monoisotopic (exact) mass is 374 g/mol. The van der Waals surface area contributed by atoms with Crippen LogP contribution in [0.2, 0.25) is 5.02 Å². The van der Waals surface area contributed by atoms with E-state index < -0.39 is 0 Å². The number of hydrogen-bond donors (Lipinski definition) is 1. The first-order valence-corrected chi connectivity index (χ1v) is 9.06. The molecule has 0 saturated heterocycles. The van der Waals surface area contributed by atoms with Crippen LogP contribution in [0.25, 0.3) is 0 Å². The van der Waals surface area contributed by atoms with Crippen LogP contribution in [-0.2, 0) is 11.3 Å². The minimum atomic E-state index is -0.130. The Morgan fingerprint density at radius 2 is 1.85 bits per heavy atom. The Labute approximate surface area is 161 Å². The van der Waals surface area contributed by atoms with Gasteiger partial charge in [-0.2, -0.15) is 0 Å². The first-order chi connectivity index (χ1) is 12.3. The van der Waals surface area contributed by atoms with Crippen molar-refractivity contribution in [3.8, 4) is 5.75 Å². The summed E-state index contributed by atoms with van der Waals surface area (Å²) in [5.41, 5.74) is 4.29. The molecule has 0 radical (unpaired) electrons. The van der Waals surface area contributed by atoms with Crippen molar-refractivity contribution in [1.82, 2.24) is 10.2 Å². The van der Waals surface area contributed by atoms with Gasteiger partial charge in [-0.05, 0) is 56.1 Å². The lowest BCUT2D eigenvalue weighted by atomic mass is 10.1. The van der Waals surface area contributed by atoms with Gasteiger partial charge >= 0.3 is 0 Å². The van der Waals surface area contributed by atoms with Gasteiger partial charge in [-0.15, -0.1) is 0 Å². The number of aryl methyl sites for hydroxylation is 2. The van der Waals surface area contributed by atoms with Crippen LogP contribution in [0.3, 0.4) is 0 Å². The average molecular weight is 375 g/mol. The van der Waals surface area contributed by atoms with E-state index in [0.29, 0.717) is 18.1 Å². The fourth-order valence-electron chi connectivity index (χ4n) is 3.26. The first kappa shape index (κ1) is 20.3. The quantitative estimate of drug-likeness (QED) is 0.786.